The first-order chi connectivity index (χ1) is 16.2. The topological polar surface area (TPSA) is 71.1 Å². The Morgan fingerprint density at radius 3 is 2.32 bits per heavy atom. The molecular weight excluding hydrogens is 454 g/mol. The Bertz CT molecular complexity index is 1010. The highest BCUT2D eigenvalue weighted by Crippen LogP contribution is 2.37. The molecule has 184 valence electrons. The summed E-state index contributed by atoms with van der Waals surface area (Å²) in [4.78, 5) is 29.5. The molecule has 1 saturated heterocycles. The van der Waals surface area contributed by atoms with E-state index in [0.29, 0.717) is 60.8 Å². The molecule has 2 aromatic carbocycles. The van der Waals surface area contributed by atoms with Gasteiger partial charge in [-0.3, -0.25) is 14.5 Å². The van der Waals surface area contributed by atoms with Gasteiger partial charge in [-0.2, -0.15) is 0 Å². The lowest BCUT2D eigenvalue weighted by atomic mass is 10.1. The Balaban J connectivity index is 1.58. The molecule has 0 radical (unpaired) electrons. The summed E-state index contributed by atoms with van der Waals surface area (Å²) in [6.45, 7) is 11.1. The molecule has 7 nitrogen and oxygen atoms in total. The SMILES string of the molecule is COc1cc(C(=O)N2CCN(CC(=O)Nc3c(C)cccc3C)CC2)cc(Cl)c1OCC(C)C. The molecule has 2 aromatic rings. The van der Waals surface area contributed by atoms with Gasteiger partial charge in [0.15, 0.2) is 11.5 Å². The average molecular weight is 488 g/mol. The molecule has 0 aliphatic carbocycles. The maximum atomic E-state index is 13.1. The van der Waals surface area contributed by atoms with Gasteiger partial charge >= 0.3 is 0 Å². The fraction of sp³-hybridized carbons (Fsp3) is 0.462. The van der Waals surface area contributed by atoms with E-state index in [4.69, 9.17) is 21.1 Å². The second-order valence-corrected chi connectivity index (χ2v) is 9.48. The van der Waals surface area contributed by atoms with Crippen molar-refractivity contribution in [2.24, 2.45) is 5.92 Å². The van der Waals surface area contributed by atoms with Gasteiger partial charge in [0.25, 0.3) is 5.91 Å². The van der Waals surface area contributed by atoms with Crippen LogP contribution in [0, 0.1) is 19.8 Å². The molecule has 1 fully saturated rings. The monoisotopic (exact) mass is 487 g/mol. The second-order valence-electron chi connectivity index (χ2n) is 9.08. The van der Waals surface area contributed by atoms with E-state index in [9.17, 15) is 9.59 Å². The lowest BCUT2D eigenvalue weighted by molar-refractivity contribution is -0.117. The van der Waals surface area contributed by atoms with E-state index in [1.54, 1.807) is 17.0 Å². The number of nitrogens with one attached hydrogen (secondary N) is 1. The largest absolute Gasteiger partial charge is 0.493 e. The number of ether oxygens (including phenoxy) is 2. The Kier molecular flexibility index (Phi) is 8.80. The van der Waals surface area contributed by atoms with E-state index in [1.165, 1.54) is 7.11 Å². The maximum absolute atomic E-state index is 13.1. The van der Waals surface area contributed by atoms with E-state index in [1.807, 2.05) is 45.9 Å². The molecule has 0 aromatic heterocycles. The molecule has 1 aliphatic rings. The highest BCUT2D eigenvalue weighted by molar-refractivity contribution is 6.32. The van der Waals surface area contributed by atoms with Gasteiger partial charge in [0.2, 0.25) is 5.91 Å². The average Bonchev–Trinajstić information content (AvgIpc) is 2.80. The summed E-state index contributed by atoms with van der Waals surface area (Å²) < 4.78 is 11.2. The minimum absolute atomic E-state index is 0.0503. The summed E-state index contributed by atoms with van der Waals surface area (Å²) in [7, 11) is 1.53. The number of carbonyl (C=O) groups excluding carboxylic acids is 2. The number of hydrogen-bond acceptors (Lipinski definition) is 5. The zero-order valence-electron chi connectivity index (χ0n) is 20.6. The summed E-state index contributed by atoms with van der Waals surface area (Å²) >= 11 is 6.42. The third-order valence-electron chi connectivity index (χ3n) is 5.81. The van der Waals surface area contributed by atoms with Crippen LogP contribution in [0.15, 0.2) is 30.3 Å². The molecule has 3 rings (SSSR count). The highest BCUT2D eigenvalue weighted by Gasteiger charge is 2.25. The number of benzene rings is 2. The number of aryl methyl sites for hydroxylation is 2. The standard InChI is InChI=1S/C26H34ClN3O4/c1-17(2)16-34-25-21(27)13-20(14-22(25)33-5)26(32)30-11-9-29(10-12-30)15-23(31)28-24-18(3)7-6-8-19(24)4/h6-8,13-14,17H,9-12,15-16H2,1-5H3,(H,28,31). The van der Waals surface area contributed by atoms with Gasteiger partial charge in [-0.15, -0.1) is 0 Å². The van der Waals surface area contributed by atoms with Crippen LogP contribution in [0.4, 0.5) is 5.69 Å². The molecule has 0 unspecified atom stereocenters. The van der Waals surface area contributed by atoms with Crippen LogP contribution in [0.1, 0.15) is 35.3 Å². The quantitative estimate of drug-likeness (QED) is 0.597. The van der Waals surface area contributed by atoms with E-state index >= 15 is 0 Å². The molecule has 8 heteroatoms. The normalized spacial score (nSPS) is 14.3. The Morgan fingerprint density at radius 1 is 1.09 bits per heavy atom. The molecule has 0 bridgehead atoms. The Labute approximate surface area is 207 Å². The Morgan fingerprint density at radius 2 is 1.74 bits per heavy atom. The summed E-state index contributed by atoms with van der Waals surface area (Å²) in [5.74, 6) is 1.06. The van der Waals surface area contributed by atoms with Crippen LogP contribution >= 0.6 is 11.6 Å². The number of amides is 2. The van der Waals surface area contributed by atoms with Crippen LogP contribution in [-0.2, 0) is 4.79 Å². The fourth-order valence-corrected chi connectivity index (χ4v) is 4.18. The van der Waals surface area contributed by atoms with Crippen molar-refractivity contribution < 1.29 is 19.1 Å². The molecule has 0 atom stereocenters. The van der Waals surface area contributed by atoms with Gasteiger partial charge in [0.1, 0.15) is 0 Å². The molecule has 1 heterocycles. The van der Waals surface area contributed by atoms with Gasteiger partial charge in [-0.1, -0.05) is 43.6 Å². The van der Waals surface area contributed by atoms with E-state index in [-0.39, 0.29) is 18.4 Å². The minimum atomic E-state index is -0.116. The van der Waals surface area contributed by atoms with Crippen molar-refractivity contribution in [3.63, 3.8) is 0 Å². The van der Waals surface area contributed by atoms with E-state index in [0.717, 1.165) is 16.8 Å². The van der Waals surface area contributed by atoms with Crippen LogP contribution in [0.25, 0.3) is 0 Å². The molecule has 34 heavy (non-hydrogen) atoms. The van der Waals surface area contributed by atoms with Crippen molar-refractivity contribution in [2.75, 3.05) is 51.8 Å². The Hall–Kier alpha value is -2.77. The fourth-order valence-electron chi connectivity index (χ4n) is 3.92. The van der Waals surface area contributed by atoms with Gasteiger partial charge < -0.3 is 19.7 Å². The van der Waals surface area contributed by atoms with Crippen molar-refractivity contribution in [3.05, 3.63) is 52.0 Å². The first-order valence-electron chi connectivity index (χ1n) is 11.6. The lowest BCUT2D eigenvalue weighted by Gasteiger charge is -2.34. The number of methoxy groups -OCH3 is 1. The first kappa shape index (κ1) is 25.8. The molecular formula is C26H34ClN3O4. The van der Waals surface area contributed by atoms with Crippen LogP contribution in [0.5, 0.6) is 11.5 Å². The van der Waals surface area contributed by atoms with Gasteiger partial charge in [-0.05, 0) is 43.0 Å². The van der Waals surface area contributed by atoms with Gasteiger partial charge in [-0.25, -0.2) is 0 Å². The predicted molar refractivity (Wildman–Crippen MR) is 135 cm³/mol. The van der Waals surface area contributed by atoms with Gasteiger partial charge in [0.05, 0.1) is 25.3 Å². The molecule has 1 aliphatic heterocycles. The third-order valence-corrected chi connectivity index (χ3v) is 6.09. The predicted octanol–water partition coefficient (Wildman–Crippen LogP) is 4.40. The molecule has 0 saturated carbocycles. The minimum Gasteiger partial charge on any atom is -0.493 e. The van der Waals surface area contributed by atoms with Crippen molar-refractivity contribution >= 4 is 29.1 Å². The van der Waals surface area contributed by atoms with E-state index < -0.39 is 0 Å². The van der Waals surface area contributed by atoms with Crippen molar-refractivity contribution in [1.82, 2.24) is 9.80 Å². The second kappa shape index (κ2) is 11.6. The molecule has 1 N–H and O–H groups in total. The first-order valence-corrected chi connectivity index (χ1v) is 12.0. The molecule has 0 spiro atoms. The highest BCUT2D eigenvalue weighted by atomic mass is 35.5. The number of rotatable bonds is 8. The third kappa shape index (κ3) is 6.42. The van der Waals surface area contributed by atoms with Crippen LogP contribution in [0.3, 0.4) is 0 Å². The smallest absolute Gasteiger partial charge is 0.254 e. The van der Waals surface area contributed by atoms with Crippen LogP contribution < -0.4 is 14.8 Å². The van der Waals surface area contributed by atoms with E-state index in [2.05, 4.69) is 10.2 Å². The number of para-hydroxylation sites is 1. The number of piperazine rings is 1. The number of nitrogens with zero attached hydrogens (tertiary/aromatic N) is 2. The summed E-state index contributed by atoms with van der Waals surface area (Å²) in [6, 6.07) is 9.25. The zero-order valence-corrected chi connectivity index (χ0v) is 21.4. The summed E-state index contributed by atoms with van der Waals surface area (Å²) in [6.07, 6.45) is 0. The van der Waals surface area contributed by atoms with Gasteiger partial charge in [0, 0.05) is 37.4 Å². The number of halogens is 1. The maximum Gasteiger partial charge on any atom is 0.254 e. The lowest BCUT2D eigenvalue weighted by Crippen LogP contribution is -2.50. The van der Waals surface area contributed by atoms with Crippen molar-refractivity contribution in [1.29, 1.82) is 0 Å². The van der Waals surface area contributed by atoms with Crippen molar-refractivity contribution in [3.8, 4) is 11.5 Å². The number of carbonyl (C=O) groups is 2. The summed E-state index contributed by atoms with van der Waals surface area (Å²) in [5.41, 5.74) is 3.41. The van der Waals surface area contributed by atoms with Crippen LogP contribution in [0.2, 0.25) is 5.02 Å². The van der Waals surface area contributed by atoms with Crippen molar-refractivity contribution in [2.45, 2.75) is 27.7 Å². The summed E-state index contributed by atoms with van der Waals surface area (Å²) in [5, 5.41) is 3.38. The molecule has 2 amide bonds. The number of anilines is 1. The van der Waals surface area contributed by atoms with Crippen LogP contribution in [-0.4, -0.2) is 68.1 Å². The zero-order chi connectivity index (χ0) is 24.8. The number of hydrogen-bond donors (Lipinski definition) is 1.